The molecule has 0 aliphatic rings. The van der Waals surface area contributed by atoms with E-state index in [9.17, 15) is 17.6 Å². The lowest BCUT2D eigenvalue weighted by atomic mass is 10.4. The van der Waals surface area contributed by atoms with E-state index in [4.69, 9.17) is 5.11 Å². The van der Waals surface area contributed by atoms with Crippen molar-refractivity contribution in [3.8, 4) is 0 Å². The first kappa shape index (κ1) is 7.68. The van der Waals surface area contributed by atoms with Crippen LogP contribution in [0.4, 0.5) is 17.6 Å². The maximum atomic E-state index is 11.0. The number of rotatable bonds is 1. The summed E-state index contributed by atoms with van der Waals surface area (Å²) in [7, 11) is 0. The lowest BCUT2D eigenvalue weighted by Gasteiger charge is -2.08. The highest BCUT2D eigenvalue weighted by Gasteiger charge is 2.37. The van der Waals surface area contributed by atoms with E-state index < -0.39 is 19.0 Å². The first-order valence-corrected chi connectivity index (χ1v) is 1.79. The van der Waals surface area contributed by atoms with Crippen LogP contribution in [0.5, 0.6) is 0 Å². The smallest absolute Gasteiger partial charge is 0.381 e. The van der Waals surface area contributed by atoms with Gasteiger partial charge in [0.2, 0.25) is 0 Å². The molecule has 0 bridgehead atoms. The van der Waals surface area contributed by atoms with Gasteiger partial charge in [0.25, 0.3) is 0 Å². The molecule has 0 rings (SSSR count). The molecule has 0 spiro atoms. The Balaban J connectivity index is 3.62. The van der Waals surface area contributed by atoms with Crippen LogP contribution in [0.15, 0.2) is 0 Å². The van der Waals surface area contributed by atoms with Crippen LogP contribution in [-0.4, -0.2) is 24.1 Å². The molecule has 0 heterocycles. The molecule has 0 amide bonds. The van der Waals surface area contributed by atoms with Gasteiger partial charge in [-0.15, -0.1) is 0 Å². The molecule has 0 saturated heterocycles. The van der Waals surface area contributed by atoms with Crippen LogP contribution in [0, 0.1) is 0 Å². The van der Waals surface area contributed by atoms with Crippen molar-refractivity contribution in [1.82, 2.24) is 0 Å². The number of halogens is 4. The van der Waals surface area contributed by atoms with Crippen molar-refractivity contribution >= 4 is 0 Å². The normalized spacial score (nSPS) is 16.1. The van der Waals surface area contributed by atoms with Gasteiger partial charge in [-0.05, 0) is 0 Å². The van der Waals surface area contributed by atoms with Crippen LogP contribution >= 0.6 is 0 Å². The van der Waals surface area contributed by atoms with Gasteiger partial charge < -0.3 is 5.11 Å². The summed E-state index contributed by atoms with van der Waals surface area (Å²) >= 11 is 0. The van der Waals surface area contributed by atoms with Crippen LogP contribution in [0.1, 0.15) is 0 Å². The minimum Gasteiger partial charge on any atom is -0.381 e. The number of hydrogen-bond donors (Lipinski definition) is 1. The molecular weight excluding hydrogens is 128 g/mol. The average molecular weight is 132 g/mol. The van der Waals surface area contributed by atoms with E-state index >= 15 is 0 Å². The van der Waals surface area contributed by atoms with Crippen molar-refractivity contribution in [2.75, 3.05) is 6.67 Å². The lowest BCUT2D eigenvalue weighted by Crippen LogP contribution is -2.30. The van der Waals surface area contributed by atoms with E-state index in [1.54, 1.807) is 0 Å². The molecule has 1 N–H and O–H groups in total. The van der Waals surface area contributed by atoms with E-state index in [0.717, 1.165) is 0 Å². The molecule has 0 aromatic rings. The first-order valence-electron chi connectivity index (χ1n) is 1.79. The summed E-state index contributed by atoms with van der Waals surface area (Å²) < 4.78 is 43.8. The zero-order valence-electron chi connectivity index (χ0n) is 3.74. The van der Waals surface area contributed by atoms with Crippen molar-refractivity contribution in [1.29, 1.82) is 0 Å². The Labute approximate surface area is 42.9 Å². The summed E-state index contributed by atoms with van der Waals surface area (Å²) in [5.41, 5.74) is 0. The lowest BCUT2D eigenvalue weighted by molar-refractivity contribution is -0.207. The monoisotopic (exact) mass is 132 g/mol. The fourth-order valence-electron chi connectivity index (χ4n) is 0.0875. The second-order valence-corrected chi connectivity index (χ2v) is 1.21. The molecule has 0 radical (unpaired) electrons. The standard InChI is InChI=1S/C3H4F4O/c4-1-2(8)3(5,6)7/h2,8H,1H2/t2-/m1/s1. The zero-order valence-corrected chi connectivity index (χ0v) is 3.74. The molecule has 0 fully saturated rings. The van der Waals surface area contributed by atoms with Gasteiger partial charge in [-0.25, -0.2) is 4.39 Å². The Bertz CT molecular complexity index is 68.2. The highest BCUT2D eigenvalue weighted by molar-refractivity contribution is 4.61. The first-order chi connectivity index (χ1) is 3.48. The van der Waals surface area contributed by atoms with E-state index in [-0.39, 0.29) is 0 Å². The number of aliphatic hydroxyl groups is 1. The fraction of sp³-hybridized carbons (Fsp3) is 1.00. The largest absolute Gasteiger partial charge is 0.416 e. The van der Waals surface area contributed by atoms with Crippen LogP contribution in [0.3, 0.4) is 0 Å². The van der Waals surface area contributed by atoms with Crippen molar-refractivity contribution in [2.45, 2.75) is 12.3 Å². The molecule has 8 heavy (non-hydrogen) atoms. The number of aliphatic hydroxyl groups excluding tert-OH is 1. The summed E-state index contributed by atoms with van der Waals surface area (Å²) in [6.07, 6.45) is -7.63. The summed E-state index contributed by atoms with van der Waals surface area (Å²) in [6.45, 7) is -1.77. The van der Waals surface area contributed by atoms with E-state index in [1.165, 1.54) is 0 Å². The number of alkyl halides is 4. The van der Waals surface area contributed by atoms with E-state index in [2.05, 4.69) is 0 Å². The Morgan fingerprint density at radius 1 is 1.38 bits per heavy atom. The van der Waals surface area contributed by atoms with Gasteiger partial charge in [0.05, 0.1) is 0 Å². The molecule has 50 valence electrons. The summed E-state index contributed by atoms with van der Waals surface area (Å²) in [4.78, 5) is 0. The molecule has 0 aromatic heterocycles. The van der Waals surface area contributed by atoms with E-state index in [0.29, 0.717) is 0 Å². The summed E-state index contributed by atoms with van der Waals surface area (Å²) in [5, 5.41) is 7.69. The molecular formula is C3H4F4O. The third kappa shape index (κ3) is 2.11. The minimum atomic E-state index is -4.81. The fourth-order valence-corrected chi connectivity index (χ4v) is 0.0875. The van der Waals surface area contributed by atoms with Crippen LogP contribution < -0.4 is 0 Å². The quantitative estimate of drug-likeness (QED) is 0.525. The molecule has 0 aliphatic carbocycles. The van der Waals surface area contributed by atoms with E-state index in [1.807, 2.05) is 0 Å². The third-order valence-corrected chi connectivity index (χ3v) is 0.524. The SMILES string of the molecule is O[C@H](CF)C(F)(F)F. The minimum absolute atomic E-state index is 1.77. The summed E-state index contributed by atoms with van der Waals surface area (Å²) in [6, 6.07) is 0. The highest BCUT2D eigenvalue weighted by atomic mass is 19.4. The van der Waals surface area contributed by atoms with Crippen LogP contribution in [-0.2, 0) is 0 Å². The molecule has 1 nitrogen and oxygen atoms in total. The van der Waals surface area contributed by atoms with Gasteiger partial charge in [-0.2, -0.15) is 13.2 Å². The number of hydrogen-bond acceptors (Lipinski definition) is 1. The predicted molar refractivity (Wildman–Crippen MR) is 18.0 cm³/mol. The van der Waals surface area contributed by atoms with Crippen molar-refractivity contribution in [3.05, 3.63) is 0 Å². The maximum absolute atomic E-state index is 11.0. The van der Waals surface area contributed by atoms with Crippen molar-refractivity contribution < 1.29 is 22.7 Å². The topological polar surface area (TPSA) is 20.2 Å². The Hall–Kier alpha value is -0.320. The molecule has 0 aromatic carbocycles. The second kappa shape index (κ2) is 2.30. The molecule has 0 saturated carbocycles. The molecule has 5 heteroatoms. The Kier molecular flexibility index (Phi) is 2.21. The molecule has 1 atom stereocenters. The van der Waals surface area contributed by atoms with Crippen molar-refractivity contribution in [2.24, 2.45) is 0 Å². The van der Waals surface area contributed by atoms with Crippen LogP contribution in [0.25, 0.3) is 0 Å². The average Bonchev–Trinajstić information content (AvgIpc) is 1.62. The maximum Gasteiger partial charge on any atom is 0.416 e. The summed E-state index contributed by atoms with van der Waals surface area (Å²) in [5.74, 6) is 0. The van der Waals surface area contributed by atoms with Gasteiger partial charge in [0.15, 0.2) is 6.10 Å². The van der Waals surface area contributed by atoms with Crippen LogP contribution in [0.2, 0.25) is 0 Å². The Morgan fingerprint density at radius 3 is 1.75 bits per heavy atom. The highest BCUT2D eigenvalue weighted by Crippen LogP contribution is 2.19. The zero-order chi connectivity index (χ0) is 6.78. The van der Waals surface area contributed by atoms with Gasteiger partial charge in [0.1, 0.15) is 6.67 Å². The molecule has 0 aliphatic heterocycles. The van der Waals surface area contributed by atoms with Gasteiger partial charge in [0, 0.05) is 0 Å². The van der Waals surface area contributed by atoms with Gasteiger partial charge >= 0.3 is 6.18 Å². The van der Waals surface area contributed by atoms with Crippen molar-refractivity contribution in [3.63, 3.8) is 0 Å². The molecule has 0 unspecified atom stereocenters. The predicted octanol–water partition coefficient (Wildman–Crippen LogP) is 0.879. The Morgan fingerprint density at radius 2 is 1.75 bits per heavy atom. The second-order valence-electron chi connectivity index (χ2n) is 1.21. The van der Waals surface area contributed by atoms with Gasteiger partial charge in [-0.1, -0.05) is 0 Å². The third-order valence-electron chi connectivity index (χ3n) is 0.524. The van der Waals surface area contributed by atoms with Gasteiger partial charge in [-0.3, -0.25) is 0 Å².